The Morgan fingerprint density at radius 2 is 1.66 bits per heavy atom. The Hall–Kier alpha value is -6.98. The summed E-state index contributed by atoms with van der Waals surface area (Å²) in [4.78, 5) is 93.6. The highest BCUT2D eigenvalue weighted by atomic mass is 19.1. The third kappa shape index (κ3) is 12.0. The lowest BCUT2D eigenvalue weighted by Gasteiger charge is -2.51. The van der Waals surface area contributed by atoms with E-state index in [4.69, 9.17) is 10.5 Å². The second kappa shape index (κ2) is 21.1. The Balaban J connectivity index is 1.18. The van der Waals surface area contributed by atoms with Crippen molar-refractivity contribution in [2.45, 2.75) is 85.5 Å². The van der Waals surface area contributed by atoms with Gasteiger partial charge in [-0.3, -0.25) is 19.2 Å². The molecule has 18 heteroatoms. The number of pyridine rings is 1. The number of hydrogen-bond donors (Lipinski definition) is 6. The molecule has 0 spiro atoms. The predicted octanol–water partition coefficient (Wildman–Crippen LogP) is 5.19. The van der Waals surface area contributed by atoms with Gasteiger partial charge in [-0.25, -0.2) is 18.8 Å². The fourth-order valence-electron chi connectivity index (χ4n) is 8.29. The Labute approximate surface area is 376 Å². The van der Waals surface area contributed by atoms with Crippen LogP contribution in [0.25, 0.3) is 10.9 Å². The number of carboxylic acids is 1. The van der Waals surface area contributed by atoms with Crippen molar-refractivity contribution in [2.24, 2.45) is 16.6 Å². The number of carbonyl (C=O) groups is 6. The molecule has 6 amide bonds. The van der Waals surface area contributed by atoms with E-state index >= 15 is 4.39 Å². The molecule has 65 heavy (non-hydrogen) atoms. The van der Waals surface area contributed by atoms with Crippen molar-refractivity contribution in [1.29, 1.82) is 0 Å². The highest BCUT2D eigenvalue weighted by Crippen LogP contribution is 2.54. The number of nitrogens with zero attached hydrogens (tertiary/aromatic N) is 3. The molecular weight excluding hydrogens is 840 g/mol. The number of ether oxygens (including phenoxy) is 1. The number of piperazine rings is 1. The van der Waals surface area contributed by atoms with Crippen molar-refractivity contribution in [2.75, 3.05) is 42.9 Å². The summed E-state index contributed by atoms with van der Waals surface area (Å²) in [6.07, 6.45) is 8.90. The van der Waals surface area contributed by atoms with Gasteiger partial charge in [0.15, 0.2) is 0 Å². The lowest BCUT2D eigenvalue weighted by atomic mass is 9.53. The number of aromatic nitrogens is 1. The summed E-state index contributed by atoms with van der Waals surface area (Å²) in [5.74, 6) is -3.66. The Morgan fingerprint density at radius 3 is 2.26 bits per heavy atom. The van der Waals surface area contributed by atoms with Gasteiger partial charge in [-0.15, -0.1) is 0 Å². The predicted molar refractivity (Wildman–Crippen MR) is 245 cm³/mol. The number of allylic oxidation sites excluding steroid dienone is 3. The van der Waals surface area contributed by atoms with Gasteiger partial charge in [0.05, 0.1) is 17.2 Å². The van der Waals surface area contributed by atoms with Crippen molar-refractivity contribution in [3.05, 3.63) is 106 Å². The van der Waals surface area contributed by atoms with Gasteiger partial charge < -0.3 is 51.2 Å². The maximum atomic E-state index is 15.4. The molecule has 1 aromatic heterocycles. The van der Waals surface area contributed by atoms with Gasteiger partial charge in [0.2, 0.25) is 23.2 Å². The van der Waals surface area contributed by atoms with Gasteiger partial charge in [-0.05, 0) is 87.3 Å². The zero-order valence-corrected chi connectivity index (χ0v) is 37.5. The monoisotopic (exact) mass is 898 g/mol. The van der Waals surface area contributed by atoms with E-state index in [1.165, 1.54) is 17.2 Å². The average molecular weight is 899 g/mol. The summed E-state index contributed by atoms with van der Waals surface area (Å²) >= 11 is 0. The number of nitrogens with one attached hydrogen (secondary N) is 4. The van der Waals surface area contributed by atoms with Crippen LogP contribution in [-0.2, 0) is 32.3 Å². The fraction of sp³-hybridized carbons (Fsp3) is 0.426. The van der Waals surface area contributed by atoms with Crippen molar-refractivity contribution < 1.29 is 43.0 Å². The van der Waals surface area contributed by atoms with Crippen molar-refractivity contribution in [3.63, 3.8) is 0 Å². The molecule has 348 valence electrons. The topological polar surface area (TPSA) is 234 Å². The molecule has 1 saturated carbocycles. The molecule has 1 aliphatic heterocycles. The number of hydrogen-bond acceptors (Lipinski definition) is 9. The Bertz CT molecular complexity index is 2430. The van der Waals surface area contributed by atoms with Crippen LogP contribution in [0.1, 0.15) is 76.2 Å². The molecule has 2 heterocycles. The number of carboxylic acid groups (broad SMARTS) is 1. The lowest BCUT2D eigenvalue weighted by molar-refractivity contribution is -0.160. The van der Waals surface area contributed by atoms with Gasteiger partial charge in [0.25, 0.3) is 0 Å². The molecule has 2 aromatic carbocycles. The molecule has 5 rings (SSSR count). The summed E-state index contributed by atoms with van der Waals surface area (Å²) in [6, 6.07) is 6.90. The van der Waals surface area contributed by atoms with Crippen LogP contribution < -0.4 is 37.3 Å². The zero-order valence-electron chi connectivity index (χ0n) is 37.5. The van der Waals surface area contributed by atoms with Crippen LogP contribution in [0.4, 0.5) is 25.4 Å². The normalized spacial score (nSPS) is 16.3. The number of primary amides is 1. The standard InChI is InChI=1S/C47H59FN8O9/c1-7-9-10-12-29(3)30(4)51-42(61)47(27-46(5,6)28-47)43(62)53-36(13-11-18-50-44(49)63)40(58)52-32-16-14-31(15-17-32)26-65-45(64)56-21-19-55(20-22-56)38-24-37-33(23-35(38)48)39(57)34(41(59)60)25-54(37)8-2/h7,9-10,12,14-17,23-25,30,36H,3,8,11,13,18-22,26-28H2,1-2,4-6H3,(H,51,61)(H,52,58)(H,53,62)(H,59,60)(H3,49,50,63)/b9-7-,12-10-/t30-,36+/m1/s1. The van der Waals surface area contributed by atoms with Crippen molar-refractivity contribution in [3.8, 4) is 0 Å². The molecule has 3 aromatic rings. The summed E-state index contributed by atoms with van der Waals surface area (Å²) in [6.45, 7) is 14.8. The molecule has 17 nitrogen and oxygen atoms in total. The molecule has 0 radical (unpaired) electrons. The maximum Gasteiger partial charge on any atom is 0.410 e. The van der Waals surface area contributed by atoms with Gasteiger partial charge in [-0.2, -0.15) is 0 Å². The first-order valence-electron chi connectivity index (χ1n) is 21.6. The number of nitrogens with two attached hydrogens (primary N) is 1. The van der Waals surface area contributed by atoms with Gasteiger partial charge in [0, 0.05) is 56.5 Å². The summed E-state index contributed by atoms with van der Waals surface area (Å²) in [5, 5.41) is 20.5. The molecule has 1 aliphatic carbocycles. The van der Waals surface area contributed by atoms with E-state index in [0.29, 0.717) is 35.3 Å². The number of fused-ring (bicyclic) bond motifs is 1. The van der Waals surface area contributed by atoms with Crippen LogP contribution in [0.3, 0.4) is 0 Å². The third-order valence-electron chi connectivity index (χ3n) is 11.7. The quantitative estimate of drug-likeness (QED) is 0.0556. The third-order valence-corrected chi connectivity index (χ3v) is 11.7. The number of benzene rings is 2. The first-order valence-corrected chi connectivity index (χ1v) is 21.6. The molecule has 2 aliphatic rings. The van der Waals surface area contributed by atoms with E-state index in [1.54, 1.807) is 53.7 Å². The number of amides is 6. The summed E-state index contributed by atoms with van der Waals surface area (Å²) in [5.41, 5.74) is 4.60. The van der Waals surface area contributed by atoms with Crippen LogP contribution in [0.2, 0.25) is 0 Å². The van der Waals surface area contributed by atoms with Gasteiger partial charge in [0.1, 0.15) is 29.4 Å². The van der Waals surface area contributed by atoms with Crippen LogP contribution in [0.15, 0.2) is 83.8 Å². The van der Waals surface area contributed by atoms with E-state index in [1.807, 2.05) is 39.0 Å². The lowest BCUT2D eigenvalue weighted by Crippen LogP contribution is -2.63. The molecule has 7 N–H and O–H groups in total. The Morgan fingerprint density at radius 1 is 1.00 bits per heavy atom. The number of aryl methyl sites for hydroxylation is 1. The highest BCUT2D eigenvalue weighted by molar-refractivity contribution is 6.08. The number of aromatic carboxylic acids is 1. The molecule has 1 saturated heterocycles. The van der Waals surface area contributed by atoms with Crippen LogP contribution in [0, 0.1) is 16.6 Å². The average Bonchev–Trinajstić information content (AvgIpc) is 3.25. The first-order chi connectivity index (χ1) is 30.8. The molecular formula is C47H59FN8O9. The van der Waals surface area contributed by atoms with E-state index < -0.39 is 70.1 Å². The summed E-state index contributed by atoms with van der Waals surface area (Å²) in [7, 11) is 0. The molecule has 0 unspecified atom stereocenters. The van der Waals surface area contributed by atoms with Gasteiger partial charge >= 0.3 is 18.1 Å². The molecule has 2 fully saturated rings. The van der Waals surface area contributed by atoms with E-state index in [-0.39, 0.29) is 75.1 Å². The number of carbonyl (C=O) groups excluding carboxylic acids is 5. The van der Waals surface area contributed by atoms with E-state index in [2.05, 4.69) is 27.8 Å². The Kier molecular flexibility index (Phi) is 15.9. The van der Waals surface area contributed by atoms with Crippen LogP contribution in [-0.4, -0.2) is 95.2 Å². The second-order valence-electron chi connectivity index (χ2n) is 17.2. The first kappa shape index (κ1) is 49.0. The van der Waals surface area contributed by atoms with E-state index in [9.17, 15) is 38.7 Å². The molecule has 2 atom stereocenters. The van der Waals surface area contributed by atoms with E-state index in [0.717, 1.165) is 6.07 Å². The number of rotatable bonds is 18. The SMILES string of the molecule is C=C(/C=C\C=C/C)[C@@H](C)NC(=O)C1(C(=O)N[C@@H](CCCNC(N)=O)C(=O)Nc2ccc(COC(=O)N3CCN(c4cc5c(cc4F)c(=O)c(C(=O)O)cn5CC)CC3)cc2)CC(C)(C)C1. The minimum Gasteiger partial charge on any atom is -0.477 e. The summed E-state index contributed by atoms with van der Waals surface area (Å²) < 4.78 is 22.5. The zero-order chi connectivity index (χ0) is 47.6. The fourth-order valence-corrected chi connectivity index (χ4v) is 8.29. The van der Waals surface area contributed by atoms with Crippen molar-refractivity contribution >= 4 is 58.1 Å². The van der Waals surface area contributed by atoms with Crippen LogP contribution in [0.5, 0.6) is 0 Å². The van der Waals surface area contributed by atoms with Crippen LogP contribution >= 0.6 is 0 Å². The minimum atomic E-state index is -1.42. The van der Waals surface area contributed by atoms with Gasteiger partial charge in [-0.1, -0.05) is 56.9 Å². The molecule has 0 bridgehead atoms. The number of halogens is 1. The maximum absolute atomic E-state index is 15.4. The number of anilines is 2. The minimum absolute atomic E-state index is 0.0310. The second-order valence-corrected chi connectivity index (χ2v) is 17.2. The van der Waals surface area contributed by atoms with Crippen molar-refractivity contribution in [1.82, 2.24) is 25.4 Å². The number of urea groups is 1. The highest BCUT2D eigenvalue weighted by Gasteiger charge is 2.59. The smallest absolute Gasteiger partial charge is 0.410 e. The largest absolute Gasteiger partial charge is 0.477 e.